The van der Waals surface area contributed by atoms with Gasteiger partial charge in [-0.3, -0.25) is 0 Å². The minimum Gasteiger partial charge on any atom is -0.407 e. The molecule has 2 nitrogen and oxygen atoms in total. The summed E-state index contributed by atoms with van der Waals surface area (Å²) in [5.41, 5.74) is 0.0851. The maximum absolute atomic E-state index is 9.17. The topological polar surface area (TPSA) is 33.0 Å². The van der Waals surface area contributed by atoms with Crippen LogP contribution >= 0.6 is 0 Å². The van der Waals surface area contributed by atoms with Gasteiger partial charge in [0, 0.05) is 18.4 Å². The third-order valence-electron chi connectivity index (χ3n) is 5.42. The minimum absolute atomic E-state index is 0.00156. The predicted molar refractivity (Wildman–Crippen MR) is 105 cm³/mol. The molecule has 0 bridgehead atoms. The highest BCUT2D eigenvalue weighted by molar-refractivity contribution is 6.99. The first-order chi connectivity index (χ1) is 11.9. The fourth-order valence-corrected chi connectivity index (χ4v) is 8.42. The zero-order chi connectivity index (χ0) is 18.0. The van der Waals surface area contributed by atoms with Crippen molar-refractivity contribution in [2.75, 3.05) is 6.61 Å². The van der Waals surface area contributed by atoms with Crippen LogP contribution in [0.2, 0.25) is 5.04 Å². The van der Waals surface area contributed by atoms with Gasteiger partial charge in [-0.15, -0.1) is 0 Å². The third kappa shape index (κ3) is 3.42. The molecule has 0 unspecified atom stereocenters. The fourth-order valence-electron chi connectivity index (χ4n) is 3.74. The molecule has 1 aliphatic carbocycles. The highest BCUT2D eigenvalue weighted by Crippen LogP contribution is 2.50. The molecule has 25 heavy (non-hydrogen) atoms. The number of rotatable bonds is 6. The van der Waals surface area contributed by atoms with E-state index in [0.29, 0.717) is 13.0 Å². The zero-order valence-corrected chi connectivity index (χ0v) is 16.5. The lowest BCUT2D eigenvalue weighted by molar-refractivity contribution is 0.223. The summed E-state index contributed by atoms with van der Waals surface area (Å²) in [7, 11) is -2.46. The van der Waals surface area contributed by atoms with Crippen molar-refractivity contribution in [2.24, 2.45) is 5.41 Å². The molecule has 130 valence electrons. The van der Waals surface area contributed by atoms with Gasteiger partial charge in [0.15, 0.2) is 0 Å². The molecular weight excluding hydrogens is 322 g/mol. The van der Waals surface area contributed by atoms with Gasteiger partial charge in [0.05, 0.1) is 6.07 Å². The van der Waals surface area contributed by atoms with Crippen molar-refractivity contribution >= 4 is 18.7 Å². The Bertz CT molecular complexity index is 700. The SMILES string of the molecule is CC(C)(C)[Si](OCC1(CC#N)CC1)(c1ccccc1)c1ccccc1. The van der Waals surface area contributed by atoms with Crippen LogP contribution in [0.3, 0.4) is 0 Å². The third-order valence-corrected chi connectivity index (χ3v) is 10.4. The summed E-state index contributed by atoms with van der Waals surface area (Å²) in [6, 6.07) is 23.8. The van der Waals surface area contributed by atoms with E-state index in [1.54, 1.807) is 0 Å². The van der Waals surface area contributed by atoms with Gasteiger partial charge in [-0.2, -0.15) is 5.26 Å². The summed E-state index contributed by atoms with van der Waals surface area (Å²) in [4.78, 5) is 0. The van der Waals surface area contributed by atoms with E-state index in [0.717, 1.165) is 12.8 Å². The van der Waals surface area contributed by atoms with Crippen molar-refractivity contribution in [3.63, 3.8) is 0 Å². The van der Waals surface area contributed by atoms with Gasteiger partial charge in [0.2, 0.25) is 0 Å². The van der Waals surface area contributed by atoms with Crippen molar-refractivity contribution in [3.8, 4) is 6.07 Å². The number of hydrogen-bond acceptors (Lipinski definition) is 2. The van der Waals surface area contributed by atoms with Crippen molar-refractivity contribution in [1.82, 2.24) is 0 Å². The Morgan fingerprint density at radius 1 is 0.960 bits per heavy atom. The second-order valence-corrected chi connectivity index (χ2v) is 12.6. The number of hydrogen-bond donors (Lipinski definition) is 0. The minimum atomic E-state index is -2.46. The molecule has 1 fully saturated rings. The van der Waals surface area contributed by atoms with E-state index >= 15 is 0 Å². The highest BCUT2D eigenvalue weighted by atomic mass is 28.4. The molecule has 3 heteroatoms. The summed E-state index contributed by atoms with van der Waals surface area (Å²) in [6.07, 6.45) is 2.82. The van der Waals surface area contributed by atoms with Gasteiger partial charge >= 0.3 is 0 Å². The lowest BCUT2D eigenvalue weighted by atomic mass is 10.1. The van der Waals surface area contributed by atoms with E-state index in [-0.39, 0.29) is 10.5 Å². The van der Waals surface area contributed by atoms with Gasteiger partial charge in [-0.05, 0) is 28.3 Å². The molecule has 0 radical (unpaired) electrons. The quantitative estimate of drug-likeness (QED) is 0.730. The summed E-state index contributed by atoms with van der Waals surface area (Å²) in [5, 5.41) is 11.8. The number of nitrogens with zero attached hydrogens (tertiary/aromatic N) is 1. The molecule has 3 rings (SSSR count). The molecule has 0 N–H and O–H groups in total. The van der Waals surface area contributed by atoms with Gasteiger partial charge in [0.25, 0.3) is 8.32 Å². The maximum Gasteiger partial charge on any atom is 0.261 e. The number of benzene rings is 2. The zero-order valence-electron chi connectivity index (χ0n) is 15.5. The normalized spacial score (nSPS) is 16.2. The summed E-state index contributed by atoms with van der Waals surface area (Å²) in [5.74, 6) is 0. The molecular formula is C22H27NOSi. The molecule has 1 saturated carbocycles. The Hall–Kier alpha value is -1.89. The van der Waals surface area contributed by atoms with Crippen LogP contribution in [0.25, 0.3) is 0 Å². The molecule has 0 aliphatic heterocycles. The molecule has 0 amide bonds. The number of nitriles is 1. The summed E-state index contributed by atoms with van der Waals surface area (Å²) < 4.78 is 6.93. The molecule has 0 aromatic heterocycles. The van der Waals surface area contributed by atoms with Crippen LogP contribution < -0.4 is 10.4 Å². The van der Waals surface area contributed by atoms with E-state index in [2.05, 4.69) is 87.5 Å². The first kappa shape index (κ1) is 17.9. The van der Waals surface area contributed by atoms with Crippen LogP contribution in [0.1, 0.15) is 40.0 Å². The molecule has 2 aromatic rings. The van der Waals surface area contributed by atoms with E-state index in [9.17, 15) is 5.26 Å². The average Bonchev–Trinajstić information content (AvgIpc) is 3.36. The van der Waals surface area contributed by atoms with Crippen LogP contribution in [0.5, 0.6) is 0 Å². The molecule has 2 aromatic carbocycles. The van der Waals surface area contributed by atoms with Crippen molar-refractivity contribution in [1.29, 1.82) is 5.26 Å². The Kier molecular flexibility index (Phi) is 4.86. The van der Waals surface area contributed by atoms with Crippen LogP contribution in [-0.4, -0.2) is 14.9 Å². The first-order valence-corrected chi connectivity index (χ1v) is 11.0. The Morgan fingerprint density at radius 2 is 1.44 bits per heavy atom. The van der Waals surface area contributed by atoms with Crippen molar-refractivity contribution in [2.45, 2.75) is 45.1 Å². The Morgan fingerprint density at radius 3 is 1.80 bits per heavy atom. The standard InChI is InChI=1S/C22H27NOSi/c1-21(2,3)25(19-10-6-4-7-11-19,20-12-8-5-9-13-20)24-18-22(14-15-22)16-17-23/h4-13H,14-16,18H2,1-3H3. The molecule has 0 spiro atoms. The second-order valence-electron chi connectivity index (χ2n) is 8.29. The van der Waals surface area contributed by atoms with E-state index in [1.165, 1.54) is 10.4 Å². The molecule has 0 saturated heterocycles. The van der Waals surface area contributed by atoms with Crippen molar-refractivity contribution in [3.05, 3.63) is 60.7 Å². The van der Waals surface area contributed by atoms with Crippen LogP contribution in [-0.2, 0) is 4.43 Å². The lowest BCUT2D eigenvalue weighted by Gasteiger charge is -2.43. The van der Waals surface area contributed by atoms with Crippen LogP contribution in [0.15, 0.2) is 60.7 Å². The molecule has 0 atom stereocenters. The lowest BCUT2D eigenvalue weighted by Crippen LogP contribution is -2.67. The summed E-state index contributed by atoms with van der Waals surface area (Å²) >= 11 is 0. The fraction of sp³-hybridized carbons (Fsp3) is 0.409. The van der Waals surface area contributed by atoms with Crippen LogP contribution in [0, 0.1) is 16.7 Å². The Labute approximate surface area is 152 Å². The van der Waals surface area contributed by atoms with Gasteiger partial charge in [0.1, 0.15) is 0 Å². The van der Waals surface area contributed by atoms with E-state index in [1.807, 2.05) is 0 Å². The molecule has 1 aliphatic rings. The van der Waals surface area contributed by atoms with Crippen molar-refractivity contribution < 1.29 is 4.43 Å². The average molecular weight is 350 g/mol. The highest BCUT2D eigenvalue weighted by Gasteiger charge is 2.53. The molecule has 0 heterocycles. The van der Waals surface area contributed by atoms with Gasteiger partial charge in [-0.1, -0.05) is 81.4 Å². The monoisotopic (exact) mass is 349 g/mol. The summed E-state index contributed by atoms with van der Waals surface area (Å²) in [6.45, 7) is 7.57. The largest absolute Gasteiger partial charge is 0.407 e. The maximum atomic E-state index is 9.17. The second kappa shape index (κ2) is 6.78. The predicted octanol–water partition coefficient (Wildman–Crippen LogP) is 4.26. The van der Waals surface area contributed by atoms with Gasteiger partial charge < -0.3 is 4.43 Å². The van der Waals surface area contributed by atoms with E-state index in [4.69, 9.17) is 4.43 Å². The first-order valence-electron chi connectivity index (χ1n) is 9.06. The van der Waals surface area contributed by atoms with E-state index < -0.39 is 8.32 Å². The van der Waals surface area contributed by atoms with Crippen LogP contribution in [0.4, 0.5) is 0 Å². The smallest absolute Gasteiger partial charge is 0.261 e. The Balaban J connectivity index is 2.08. The van der Waals surface area contributed by atoms with Gasteiger partial charge in [-0.25, -0.2) is 0 Å².